The molecule has 0 saturated carbocycles. The van der Waals surface area contributed by atoms with Gasteiger partial charge in [-0.1, -0.05) is 6.42 Å². The van der Waals surface area contributed by atoms with Crippen LogP contribution in [-0.2, 0) is 0 Å². The monoisotopic (exact) mass is 431 g/mol. The van der Waals surface area contributed by atoms with Crippen LogP contribution in [0.2, 0.25) is 0 Å². The van der Waals surface area contributed by atoms with E-state index in [4.69, 9.17) is 0 Å². The largest absolute Gasteiger partial charge is 0.302 e. The van der Waals surface area contributed by atoms with Crippen molar-refractivity contribution >= 4 is 44.2 Å². The predicted molar refractivity (Wildman–Crippen MR) is 104 cm³/mol. The third kappa shape index (κ3) is 3.02. The second kappa shape index (κ2) is 7.01. The van der Waals surface area contributed by atoms with Crippen LogP contribution in [0, 0.1) is 10.1 Å². The number of carbonyl (C=O) groups is 2. The highest BCUT2D eigenvalue weighted by Gasteiger charge is 2.35. The topological polar surface area (TPSA) is 83.8 Å². The molecule has 2 heterocycles. The van der Waals surface area contributed by atoms with Crippen LogP contribution in [0.3, 0.4) is 0 Å². The van der Waals surface area contributed by atoms with Gasteiger partial charge in [0.2, 0.25) is 0 Å². The lowest BCUT2D eigenvalue weighted by Crippen LogP contribution is -2.45. The summed E-state index contributed by atoms with van der Waals surface area (Å²) >= 11 is 3.33. The van der Waals surface area contributed by atoms with Gasteiger partial charge in [-0.15, -0.1) is 0 Å². The minimum atomic E-state index is -0.495. The third-order valence-corrected chi connectivity index (χ3v) is 5.99. The molecule has 0 unspecified atom stereocenters. The Morgan fingerprint density at radius 3 is 2.19 bits per heavy atom. The van der Waals surface area contributed by atoms with Gasteiger partial charge >= 0.3 is 0 Å². The van der Waals surface area contributed by atoms with Crippen molar-refractivity contribution in [2.75, 3.05) is 26.2 Å². The average Bonchev–Trinajstić information content (AvgIpc) is 2.67. The normalized spacial score (nSPS) is 17.6. The minimum absolute atomic E-state index is 0.121. The molecule has 4 rings (SSSR count). The van der Waals surface area contributed by atoms with E-state index in [0.717, 1.165) is 25.9 Å². The Labute approximate surface area is 164 Å². The molecule has 2 aromatic carbocycles. The molecule has 0 bridgehead atoms. The lowest BCUT2D eigenvalue weighted by atomic mass is 9.93. The van der Waals surface area contributed by atoms with Crippen LogP contribution in [0.15, 0.2) is 28.7 Å². The Morgan fingerprint density at radius 1 is 0.926 bits per heavy atom. The molecule has 27 heavy (non-hydrogen) atoms. The number of hydrogen-bond donors (Lipinski definition) is 0. The first-order chi connectivity index (χ1) is 13.0. The van der Waals surface area contributed by atoms with Crippen molar-refractivity contribution in [1.82, 2.24) is 9.80 Å². The van der Waals surface area contributed by atoms with E-state index in [0.29, 0.717) is 39.5 Å². The van der Waals surface area contributed by atoms with E-state index in [2.05, 4.69) is 20.8 Å². The number of non-ortho nitro benzene ring substituents is 1. The van der Waals surface area contributed by atoms with Gasteiger partial charge in [0, 0.05) is 40.1 Å². The number of nitro groups is 1. The SMILES string of the molecule is O=C1c2ccc(Br)c3c([N+](=O)[O-])ccc(c23)C(=O)N1CCN1CCCCC1. The standard InChI is InChI=1S/C19H18BrN3O4/c20-14-6-4-12-16-13(5-7-15(17(14)16)23(26)27)19(25)22(18(12)24)11-10-21-8-2-1-3-9-21/h4-7H,1-3,8-11H2. The molecule has 0 aliphatic carbocycles. The Morgan fingerprint density at radius 2 is 1.56 bits per heavy atom. The Bertz CT molecular complexity index is 947. The summed E-state index contributed by atoms with van der Waals surface area (Å²) in [5.74, 6) is -0.773. The molecule has 2 aromatic rings. The van der Waals surface area contributed by atoms with Gasteiger partial charge in [-0.25, -0.2) is 0 Å². The first-order valence-electron chi connectivity index (χ1n) is 8.97. The summed E-state index contributed by atoms with van der Waals surface area (Å²) in [5, 5.41) is 12.1. The van der Waals surface area contributed by atoms with E-state index in [1.54, 1.807) is 12.1 Å². The Kier molecular flexibility index (Phi) is 4.69. The maximum atomic E-state index is 13.0. The number of benzene rings is 2. The van der Waals surface area contributed by atoms with Gasteiger partial charge < -0.3 is 4.90 Å². The maximum Gasteiger partial charge on any atom is 0.278 e. The van der Waals surface area contributed by atoms with Crippen molar-refractivity contribution < 1.29 is 14.5 Å². The summed E-state index contributed by atoms with van der Waals surface area (Å²) < 4.78 is 0.497. The minimum Gasteiger partial charge on any atom is -0.302 e. The van der Waals surface area contributed by atoms with E-state index in [-0.39, 0.29) is 17.5 Å². The number of carbonyl (C=O) groups excluding carboxylic acids is 2. The summed E-state index contributed by atoms with van der Waals surface area (Å²) in [6.07, 6.45) is 3.50. The highest BCUT2D eigenvalue weighted by molar-refractivity contribution is 9.10. The van der Waals surface area contributed by atoms with Crippen molar-refractivity contribution in [1.29, 1.82) is 0 Å². The van der Waals surface area contributed by atoms with Crippen LogP contribution >= 0.6 is 15.9 Å². The molecule has 1 saturated heterocycles. The van der Waals surface area contributed by atoms with E-state index in [1.165, 1.54) is 23.5 Å². The molecule has 0 aromatic heterocycles. The highest BCUT2D eigenvalue weighted by Crippen LogP contribution is 2.39. The zero-order valence-corrected chi connectivity index (χ0v) is 16.2. The fourth-order valence-electron chi connectivity index (χ4n) is 3.96. The molecule has 2 amide bonds. The summed E-state index contributed by atoms with van der Waals surface area (Å²) in [6, 6.07) is 6.05. The zero-order chi connectivity index (χ0) is 19.1. The first-order valence-corrected chi connectivity index (χ1v) is 9.76. The second-order valence-corrected chi connectivity index (χ2v) is 7.75. The van der Waals surface area contributed by atoms with Gasteiger partial charge in [0.15, 0.2) is 0 Å². The van der Waals surface area contributed by atoms with Crippen LogP contribution < -0.4 is 0 Å². The Balaban J connectivity index is 1.74. The summed E-state index contributed by atoms with van der Waals surface area (Å²) in [5.41, 5.74) is 0.556. The number of halogens is 1. The van der Waals surface area contributed by atoms with Crippen LogP contribution in [-0.4, -0.2) is 52.7 Å². The van der Waals surface area contributed by atoms with Crippen molar-refractivity contribution in [2.24, 2.45) is 0 Å². The number of likely N-dealkylation sites (tertiary alicyclic amines) is 1. The lowest BCUT2D eigenvalue weighted by molar-refractivity contribution is -0.383. The van der Waals surface area contributed by atoms with Gasteiger partial charge in [0.05, 0.1) is 10.3 Å². The molecule has 0 N–H and O–H groups in total. The van der Waals surface area contributed by atoms with E-state index < -0.39 is 4.92 Å². The number of hydrogen-bond acceptors (Lipinski definition) is 5. The van der Waals surface area contributed by atoms with Crippen LogP contribution in [0.4, 0.5) is 5.69 Å². The molecule has 140 valence electrons. The lowest BCUT2D eigenvalue weighted by Gasteiger charge is -2.31. The van der Waals surface area contributed by atoms with Gasteiger partial charge in [0.25, 0.3) is 17.5 Å². The number of imide groups is 1. The number of amides is 2. The highest BCUT2D eigenvalue weighted by atomic mass is 79.9. The van der Waals surface area contributed by atoms with Crippen molar-refractivity contribution in [3.05, 3.63) is 50.0 Å². The summed E-state index contributed by atoms with van der Waals surface area (Å²) in [6.45, 7) is 2.95. The smallest absolute Gasteiger partial charge is 0.278 e. The molecule has 0 spiro atoms. The van der Waals surface area contributed by atoms with Gasteiger partial charge in [-0.2, -0.15) is 0 Å². The van der Waals surface area contributed by atoms with E-state index in [9.17, 15) is 19.7 Å². The Hall–Kier alpha value is -2.32. The van der Waals surface area contributed by atoms with Gasteiger partial charge in [-0.3, -0.25) is 24.6 Å². The molecule has 2 aliphatic heterocycles. The van der Waals surface area contributed by atoms with Crippen molar-refractivity contribution in [3.8, 4) is 0 Å². The average molecular weight is 432 g/mol. The molecule has 0 radical (unpaired) electrons. The molecule has 2 aliphatic rings. The maximum absolute atomic E-state index is 13.0. The van der Waals surface area contributed by atoms with Crippen LogP contribution in [0.25, 0.3) is 10.8 Å². The molecular formula is C19H18BrN3O4. The van der Waals surface area contributed by atoms with Crippen LogP contribution in [0.5, 0.6) is 0 Å². The van der Waals surface area contributed by atoms with E-state index in [1.807, 2.05) is 0 Å². The number of piperidine rings is 1. The number of nitrogens with zero attached hydrogens (tertiary/aromatic N) is 3. The molecule has 1 fully saturated rings. The van der Waals surface area contributed by atoms with Gasteiger partial charge in [-0.05, 0) is 60.1 Å². The quantitative estimate of drug-likeness (QED) is 0.419. The summed E-state index contributed by atoms with van der Waals surface area (Å²) in [7, 11) is 0. The second-order valence-electron chi connectivity index (χ2n) is 6.90. The molecular weight excluding hydrogens is 414 g/mol. The third-order valence-electron chi connectivity index (χ3n) is 5.32. The fraction of sp³-hybridized carbons (Fsp3) is 0.368. The van der Waals surface area contributed by atoms with Gasteiger partial charge in [0.1, 0.15) is 0 Å². The first kappa shape index (κ1) is 18.1. The van der Waals surface area contributed by atoms with E-state index >= 15 is 0 Å². The molecule has 7 nitrogen and oxygen atoms in total. The number of rotatable bonds is 4. The van der Waals surface area contributed by atoms with Crippen LogP contribution in [0.1, 0.15) is 40.0 Å². The summed E-state index contributed by atoms with van der Waals surface area (Å²) in [4.78, 5) is 40.4. The predicted octanol–water partition coefficient (Wildman–Crippen LogP) is 3.59. The zero-order valence-electron chi connectivity index (χ0n) is 14.6. The fourth-order valence-corrected chi connectivity index (χ4v) is 4.49. The van der Waals surface area contributed by atoms with Crippen molar-refractivity contribution in [3.63, 3.8) is 0 Å². The molecule has 0 atom stereocenters. The number of nitro benzene ring substituents is 1. The van der Waals surface area contributed by atoms with Crippen molar-refractivity contribution in [2.45, 2.75) is 19.3 Å². The molecule has 8 heteroatoms.